The van der Waals surface area contributed by atoms with E-state index < -0.39 is 24.3 Å². The number of hydrogen-bond acceptors (Lipinski definition) is 4. The third-order valence-electron chi connectivity index (χ3n) is 5.07. The molecule has 8 heteroatoms. The largest absolute Gasteiger partial charge is 0.450 e. The topological polar surface area (TPSA) is 68.5 Å². The number of carbonyl (C=O) groups excluding carboxylic acids is 2. The standard InChI is InChI=1S/C21H22F3NO4/c1-13-5-2-3-8-16(13)25-19(26)12-28-20(27)18-10-9-17(29-18)14-6-4-7-15(11-14)21(22,23)24/h4,6-7,9-11,13,16H,2-3,5,8,12H2,1H3,(H,25,26). The zero-order chi connectivity index (χ0) is 21.0. The summed E-state index contributed by atoms with van der Waals surface area (Å²) >= 11 is 0. The van der Waals surface area contributed by atoms with Gasteiger partial charge in [0, 0.05) is 11.6 Å². The van der Waals surface area contributed by atoms with E-state index in [1.165, 1.54) is 24.3 Å². The highest BCUT2D eigenvalue weighted by Crippen LogP contribution is 2.32. The van der Waals surface area contributed by atoms with Gasteiger partial charge in [-0.25, -0.2) is 4.79 Å². The van der Waals surface area contributed by atoms with Gasteiger partial charge in [0.1, 0.15) is 5.76 Å². The number of halogens is 3. The van der Waals surface area contributed by atoms with Crippen LogP contribution in [0.3, 0.4) is 0 Å². The van der Waals surface area contributed by atoms with E-state index in [0.717, 1.165) is 37.8 Å². The first-order valence-electron chi connectivity index (χ1n) is 9.48. The van der Waals surface area contributed by atoms with Gasteiger partial charge in [0.25, 0.3) is 5.91 Å². The number of furan rings is 1. The zero-order valence-corrected chi connectivity index (χ0v) is 15.9. The Morgan fingerprint density at radius 1 is 1.17 bits per heavy atom. The minimum atomic E-state index is -4.48. The Labute approximate surface area is 166 Å². The van der Waals surface area contributed by atoms with Gasteiger partial charge in [0.15, 0.2) is 6.61 Å². The summed E-state index contributed by atoms with van der Waals surface area (Å²) in [6.07, 6.45) is -0.322. The number of hydrogen-bond donors (Lipinski definition) is 1. The molecule has 0 saturated heterocycles. The van der Waals surface area contributed by atoms with Crippen molar-refractivity contribution in [3.05, 3.63) is 47.7 Å². The molecule has 1 aliphatic carbocycles. The van der Waals surface area contributed by atoms with E-state index in [9.17, 15) is 22.8 Å². The van der Waals surface area contributed by atoms with Gasteiger partial charge in [0.2, 0.25) is 5.76 Å². The van der Waals surface area contributed by atoms with Crippen LogP contribution >= 0.6 is 0 Å². The Hall–Kier alpha value is -2.77. The second-order valence-electron chi connectivity index (χ2n) is 7.25. The van der Waals surface area contributed by atoms with Crippen molar-refractivity contribution in [2.75, 3.05) is 6.61 Å². The molecule has 1 heterocycles. The van der Waals surface area contributed by atoms with Crippen LogP contribution in [-0.2, 0) is 15.7 Å². The van der Waals surface area contributed by atoms with Crippen molar-refractivity contribution in [2.24, 2.45) is 5.92 Å². The van der Waals surface area contributed by atoms with Gasteiger partial charge in [-0.3, -0.25) is 4.79 Å². The van der Waals surface area contributed by atoms with E-state index in [1.807, 2.05) is 0 Å². The maximum atomic E-state index is 12.8. The number of amides is 1. The normalized spacial score (nSPS) is 19.6. The van der Waals surface area contributed by atoms with Crippen molar-refractivity contribution in [2.45, 2.75) is 44.8 Å². The number of ether oxygens (including phenoxy) is 1. The maximum Gasteiger partial charge on any atom is 0.416 e. The molecule has 2 atom stereocenters. The van der Waals surface area contributed by atoms with Crippen molar-refractivity contribution >= 4 is 11.9 Å². The van der Waals surface area contributed by atoms with Crippen LogP contribution in [0.25, 0.3) is 11.3 Å². The van der Waals surface area contributed by atoms with Gasteiger partial charge in [-0.2, -0.15) is 13.2 Å². The first kappa shape index (κ1) is 21.0. The summed E-state index contributed by atoms with van der Waals surface area (Å²) in [5.74, 6) is -0.944. The molecule has 1 fully saturated rings. The molecule has 156 valence electrons. The quantitative estimate of drug-likeness (QED) is 0.719. The Morgan fingerprint density at radius 3 is 2.66 bits per heavy atom. The number of nitrogens with one attached hydrogen (secondary N) is 1. The molecular formula is C21H22F3NO4. The smallest absolute Gasteiger partial charge is 0.416 e. The molecule has 0 aliphatic heterocycles. The van der Waals surface area contributed by atoms with Gasteiger partial charge in [-0.15, -0.1) is 0 Å². The van der Waals surface area contributed by atoms with Gasteiger partial charge in [-0.05, 0) is 43.0 Å². The summed E-state index contributed by atoms with van der Waals surface area (Å²) < 4.78 is 48.8. The average Bonchev–Trinajstić information content (AvgIpc) is 3.18. The lowest BCUT2D eigenvalue weighted by Crippen LogP contribution is -2.42. The lowest BCUT2D eigenvalue weighted by atomic mass is 9.86. The minimum absolute atomic E-state index is 0.0751. The fourth-order valence-electron chi connectivity index (χ4n) is 3.43. The molecule has 1 N–H and O–H groups in total. The second-order valence-corrected chi connectivity index (χ2v) is 7.25. The van der Waals surface area contributed by atoms with Crippen LogP contribution in [0, 0.1) is 5.92 Å². The second kappa shape index (κ2) is 8.71. The Kier molecular flexibility index (Phi) is 6.30. The molecule has 0 radical (unpaired) electrons. The molecular weight excluding hydrogens is 387 g/mol. The minimum Gasteiger partial charge on any atom is -0.450 e. The molecule has 3 rings (SSSR count). The number of esters is 1. The van der Waals surface area contributed by atoms with E-state index in [1.54, 1.807) is 0 Å². The van der Waals surface area contributed by atoms with Crippen LogP contribution in [0.15, 0.2) is 40.8 Å². The highest BCUT2D eigenvalue weighted by Gasteiger charge is 2.30. The fraction of sp³-hybridized carbons (Fsp3) is 0.429. The van der Waals surface area contributed by atoms with Crippen LogP contribution in [0.4, 0.5) is 13.2 Å². The Morgan fingerprint density at radius 2 is 1.93 bits per heavy atom. The van der Waals surface area contributed by atoms with E-state index in [2.05, 4.69) is 12.2 Å². The Balaban J connectivity index is 1.57. The van der Waals surface area contributed by atoms with Crippen molar-refractivity contribution in [1.29, 1.82) is 0 Å². The molecule has 1 aromatic heterocycles. The molecule has 0 spiro atoms. The lowest BCUT2D eigenvalue weighted by Gasteiger charge is -2.29. The number of rotatable bonds is 5. The average molecular weight is 409 g/mol. The van der Waals surface area contributed by atoms with Crippen molar-refractivity contribution in [3.63, 3.8) is 0 Å². The molecule has 5 nitrogen and oxygen atoms in total. The molecule has 1 aromatic carbocycles. The number of benzene rings is 1. The van der Waals surface area contributed by atoms with Crippen molar-refractivity contribution in [3.8, 4) is 11.3 Å². The van der Waals surface area contributed by atoms with Crippen LogP contribution in [0.1, 0.15) is 48.7 Å². The lowest BCUT2D eigenvalue weighted by molar-refractivity contribution is -0.137. The third kappa shape index (κ3) is 5.40. The van der Waals surface area contributed by atoms with Gasteiger partial charge in [-0.1, -0.05) is 31.9 Å². The first-order chi connectivity index (χ1) is 13.7. The highest BCUT2D eigenvalue weighted by molar-refractivity contribution is 5.89. The van der Waals surface area contributed by atoms with Crippen LogP contribution in [0.5, 0.6) is 0 Å². The van der Waals surface area contributed by atoms with E-state index >= 15 is 0 Å². The summed E-state index contributed by atoms with van der Waals surface area (Å²) in [5, 5.41) is 2.87. The molecule has 29 heavy (non-hydrogen) atoms. The van der Waals surface area contributed by atoms with Gasteiger partial charge < -0.3 is 14.5 Å². The predicted molar refractivity (Wildman–Crippen MR) is 99.0 cm³/mol. The number of carbonyl (C=O) groups is 2. The molecule has 2 unspecified atom stereocenters. The molecule has 1 amide bonds. The van der Waals surface area contributed by atoms with Crippen LogP contribution < -0.4 is 5.32 Å². The Bertz CT molecular complexity index is 875. The van der Waals surface area contributed by atoms with Crippen molar-refractivity contribution < 1.29 is 31.9 Å². The monoisotopic (exact) mass is 409 g/mol. The summed E-state index contributed by atoms with van der Waals surface area (Å²) in [6, 6.07) is 7.36. The van der Waals surface area contributed by atoms with Crippen LogP contribution in [0.2, 0.25) is 0 Å². The number of alkyl halides is 3. The predicted octanol–water partition coefficient (Wildman–Crippen LogP) is 4.82. The van der Waals surface area contributed by atoms with E-state index in [0.29, 0.717) is 5.92 Å². The summed E-state index contributed by atoms with van der Waals surface area (Å²) in [4.78, 5) is 24.1. The summed E-state index contributed by atoms with van der Waals surface area (Å²) in [7, 11) is 0. The first-order valence-corrected chi connectivity index (χ1v) is 9.48. The summed E-state index contributed by atoms with van der Waals surface area (Å²) in [5.41, 5.74) is -0.632. The maximum absolute atomic E-state index is 12.8. The van der Waals surface area contributed by atoms with E-state index in [-0.39, 0.29) is 29.0 Å². The van der Waals surface area contributed by atoms with E-state index in [4.69, 9.17) is 9.15 Å². The highest BCUT2D eigenvalue weighted by atomic mass is 19.4. The SMILES string of the molecule is CC1CCCCC1NC(=O)COC(=O)c1ccc(-c2cccc(C(F)(F)F)c2)o1. The van der Waals surface area contributed by atoms with Gasteiger partial charge in [0.05, 0.1) is 5.56 Å². The third-order valence-corrected chi connectivity index (χ3v) is 5.07. The van der Waals surface area contributed by atoms with Crippen LogP contribution in [-0.4, -0.2) is 24.5 Å². The van der Waals surface area contributed by atoms with Crippen molar-refractivity contribution in [1.82, 2.24) is 5.32 Å². The molecule has 2 aromatic rings. The fourth-order valence-corrected chi connectivity index (χ4v) is 3.43. The van der Waals surface area contributed by atoms with Gasteiger partial charge >= 0.3 is 12.1 Å². The zero-order valence-electron chi connectivity index (χ0n) is 15.9. The molecule has 0 bridgehead atoms. The molecule has 1 aliphatic rings. The molecule has 1 saturated carbocycles. The summed E-state index contributed by atoms with van der Waals surface area (Å²) in [6.45, 7) is 1.63.